The number of aryl methyl sites for hydroxylation is 1. The van der Waals surface area contributed by atoms with Crippen molar-refractivity contribution in [3.63, 3.8) is 0 Å². The summed E-state index contributed by atoms with van der Waals surface area (Å²) in [6, 6.07) is 4.62. The highest BCUT2D eigenvalue weighted by Crippen LogP contribution is 2.25. The number of phenols is 1. The molecule has 0 atom stereocenters. The summed E-state index contributed by atoms with van der Waals surface area (Å²) in [5.74, 6) is -3.06. The minimum Gasteiger partial charge on any atom is -0.508 e. The molecule has 0 saturated carbocycles. The van der Waals surface area contributed by atoms with Gasteiger partial charge in [0.2, 0.25) is 0 Å². The maximum Gasteiger partial charge on any atom is 0.264 e. The fourth-order valence-electron chi connectivity index (χ4n) is 1.21. The van der Waals surface area contributed by atoms with Crippen LogP contribution in [0.3, 0.4) is 0 Å². The molecule has 0 saturated heterocycles. The molecule has 4 heteroatoms. The Bertz CT molecular complexity index is 326. The number of rotatable bonds is 3. The van der Waals surface area contributed by atoms with Gasteiger partial charge in [-0.3, -0.25) is 0 Å². The van der Waals surface area contributed by atoms with Gasteiger partial charge in [0.05, 0.1) is 6.54 Å². The number of benzene rings is 1. The monoisotopic (exact) mass is 201 g/mol. The fourth-order valence-corrected chi connectivity index (χ4v) is 1.21. The van der Waals surface area contributed by atoms with E-state index < -0.39 is 18.9 Å². The van der Waals surface area contributed by atoms with Gasteiger partial charge in [0.25, 0.3) is 5.92 Å². The Kier molecular flexibility index (Phi) is 3.06. The van der Waals surface area contributed by atoms with Crippen molar-refractivity contribution in [1.82, 2.24) is 0 Å². The molecule has 1 aromatic carbocycles. The first-order valence-corrected chi connectivity index (χ1v) is 4.31. The normalized spacial score (nSPS) is 11.7. The van der Waals surface area contributed by atoms with Crippen molar-refractivity contribution < 1.29 is 13.9 Å². The van der Waals surface area contributed by atoms with Crippen molar-refractivity contribution in [3.8, 4) is 5.75 Å². The lowest BCUT2D eigenvalue weighted by Gasteiger charge is -2.14. The Labute approximate surface area is 81.4 Å². The second-order valence-electron chi connectivity index (χ2n) is 3.37. The maximum absolute atomic E-state index is 12.9. The summed E-state index contributed by atoms with van der Waals surface area (Å²) in [6.45, 7) is 1.07. The molecule has 0 aliphatic heterocycles. The van der Waals surface area contributed by atoms with Crippen LogP contribution >= 0.6 is 0 Å². The minimum atomic E-state index is -2.95. The molecule has 0 bridgehead atoms. The van der Waals surface area contributed by atoms with Gasteiger partial charge in [-0.25, -0.2) is 8.78 Å². The van der Waals surface area contributed by atoms with Crippen molar-refractivity contribution in [1.29, 1.82) is 0 Å². The maximum atomic E-state index is 12.9. The molecule has 1 aromatic rings. The van der Waals surface area contributed by atoms with Gasteiger partial charge in [-0.05, 0) is 13.0 Å². The number of alkyl halides is 2. The molecule has 2 nitrogen and oxygen atoms in total. The van der Waals surface area contributed by atoms with Crippen LogP contribution in [0.1, 0.15) is 11.1 Å². The SMILES string of the molecule is Cc1ccc(O)c(CC(F)(F)CN)c1. The molecule has 3 N–H and O–H groups in total. The largest absolute Gasteiger partial charge is 0.508 e. The standard InChI is InChI=1S/C10H13F2NO/c1-7-2-3-9(14)8(4-7)5-10(11,12)6-13/h2-4,14H,5-6,13H2,1H3. The van der Waals surface area contributed by atoms with Crippen LogP contribution in [-0.4, -0.2) is 17.6 Å². The van der Waals surface area contributed by atoms with Gasteiger partial charge in [-0.1, -0.05) is 17.7 Å². The summed E-state index contributed by atoms with van der Waals surface area (Å²) < 4.78 is 25.8. The molecule has 0 spiro atoms. The summed E-state index contributed by atoms with van der Waals surface area (Å²) in [4.78, 5) is 0. The Hall–Kier alpha value is -1.16. The molecule has 0 unspecified atom stereocenters. The summed E-state index contributed by atoms with van der Waals surface area (Å²) in [6.07, 6.45) is -0.517. The molecule has 78 valence electrons. The van der Waals surface area contributed by atoms with Crippen LogP contribution in [-0.2, 0) is 6.42 Å². The van der Waals surface area contributed by atoms with E-state index in [0.717, 1.165) is 5.56 Å². The van der Waals surface area contributed by atoms with Gasteiger partial charge in [0, 0.05) is 12.0 Å². The van der Waals surface area contributed by atoms with Gasteiger partial charge in [-0.15, -0.1) is 0 Å². The predicted molar refractivity (Wildman–Crippen MR) is 50.5 cm³/mol. The number of phenolic OH excluding ortho intramolecular Hbond substituents is 1. The molecular weight excluding hydrogens is 188 g/mol. The third kappa shape index (κ3) is 2.67. The summed E-state index contributed by atoms with van der Waals surface area (Å²) in [5.41, 5.74) is 5.99. The molecule has 0 aliphatic carbocycles. The molecule has 0 heterocycles. The molecule has 1 rings (SSSR count). The predicted octanol–water partition coefficient (Wildman–Crippen LogP) is 1.84. The highest BCUT2D eigenvalue weighted by Gasteiger charge is 2.28. The Morgan fingerprint density at radius 1 is 1.43 bits per heavy atom. The molecule has 0 amide bonds. The molecular formula is C10H13F2NO. The third-order valence-electron chi connectivity index (χ3n) is 1.98. The molecule has 0 radical (unpaired) electrons. The van der Waals surface area contributed by atoms with E-state index in [9.17, 15) is 13.9 Å². The third-order valence-corrected chi connectivity index (χ3v) is 1.98. The lowest BCUT2D eigenvalue weighted by Crippen LogP contribution is -2.30. The van der Waals surface area contributed by atoms with E-state index in [0.29, 0.717) is 0 Å². The number of halogens is 2. The van der Waals surface area contributed by atoms with Crippen molar-refractivity contribution in [2.24, 2.45) is 5.73 Å². The van der Waals surface area contributed by atoms with Crippen LogP contribution in [0.4, 0.5) is 8.78 Å². The quantitative estimate of drug-likeness (QED) is 0.783. The molecule has 14 heavy (non-hydrogen) atoms. The zero-order valence-electron chi connectivity index (χ0n) is 7.93. The number of hydrogen-bond donors (Lipinski definition) is 2. The van der Waals surface area contributed by atoms with E-state index in [1.165, 1.54) is 6.07 Å². The lowest BCUT2D eigenvalue weighted by atomic mass is 10.0. The van der Waals surface area contributed by atoms with Crippen LogP contribution in [0.5, 0.6) is 5.75 Å². The van der Waals surface area contributed by atoms with Crippen molar-refractivity contribution in [2.45, 2.75) is 19.3 Å². The topological polar surface area (TPSA) is 46.2 Å². The average Bonchev–Trinajstić information content (AvgIpc) is 2.11. The fraction of sp³-hybridized carbons (Fsp3) is 0.400. The lowest BCUT2D eigenvalue weighted by molar-refractivity contribution is 0.0109. The van der Waals surface area contributed by atoms with Gasteiger partial charge in [0.1, 0.15) is 5.75 Å². The van der Waals surface area contributed by atoms with Crippen LogP contribution in [0.25, 0.3) is 0 Å². The van der Waals surface area contributed by atoms with E-state index >= 15 is 0 Å². The van der Waals surface area contributed by atoms with E-state index in [-0.39, 0.29) is 11.3 Å². The van der Waals surface area contributed by atoms with Gasteiger partial charge >= 0.3 is 0 Å². The van der Waals surface area contributed by atoms with Crippen molar-refractivity contribution in [3.05, 3.63) is 29.3 Å². The summed E-state index contributed by atoms with van der Waals surface area (Å²) in [5, 5.41) is 9.32. The van der Waals surface area contributed by atoms with E-state index in [2.05, 4.69) is 0 Å². The Morgan fingerprint density at radius 3 is 2.64 bits per heavy atom. The summed E-state index contributed by atoms with van der Waals surface area (Å²) in [7, 11) is 0. The first kappa shape index (κ1) is 10.9. The van der Waals surface area contributed by atoms with Gasteiger partial charge < -0.3 is 10.8 Å². The first-order valence-electron chi connectivity index (χ1n) is 4.31. The average molecular weight is 201 g/mol. The van der Waals surface area contributed by atoms with Crippen LogP contribution in [0.15, 0.2) is 18.2 Å². The highest BCUT2D eigenvalue weighted by atomic mass is 19.3. The highest BCUT2D eigenvalue weighted by molar-refractivity contribution is 5.36. The second-order valence-corrected chi connectivity index (χ2v) is 3.37. The van der Waals surface area contributed by atoms with Crippen molar-refractivity contribution in [2.75, 3.05) is 6.54 Å². The summed E-state index contributed by atoms with van der Waals surface area (Å²) >= 11 is 0. The first-order chi connectivity index (χ1) is 6.44. The van der Waals surface area contributed by atoms with E-state index in [1.807, 2.05) is 0 Å². The van der Waals surface area contributed by atoms with E-state index in [1.54, 1.807) is 19.1 Å². The number of aromatic hydroxyl groups is 1. The zero-order chi connectivity index (χ0) is 10.8. The van der Waals surface area contributed by atoms with Crippen LogP contribution in [0, 0.1) is 6.92 Å². The zero-order valence-corrected chi connectivity index (χ0v) is 7.93. The number of nitrogens with two attached hydrogens (primary N) is 1. The van der Waals surface area contributed by atoms with Crippen LogP contribution in [0.2, 0.25) is 0 Å². The van der Waals surface area contributed by atoms with Crippen LogP contribution < -0.4 is 5.73 Å². The van der Waals surface area contributed by atoms with Crippen molar-refractivity contribution >= 4 is 0 Å². The van der Waals surface area contributed by atoms with Gasteiger partial charge in [0.15, 0.2) is 0 Å². The molecule has 0 aromatic heterocycles. The molecule has 0 fully saturated rings. The van der Waals surface area contributed by atoms with E-state index in [4.69, 9.17) is 5.73 Å². The smallest absolute Gasteiger partial charge is 0.264 e. The second kappa shape index (κ2) is 3.92. The molecule has 0 aliphatic rings. The van der Waals surface area contributed by atoms with Gasteiger partial charge in [-0.2, -0.15) is 0 Å². The number of hydrogen-bond acceptors (Lipinski definition) is 2. The Balaban J connectivity index is 2.91. The Morgan fingerprint density at radius 2 is 2.07 bits per heavy atom. The minimum absolute atomic E-state index is 0.108.